The predicted octanol–water partition coefficient (Wildman–Crippen LogP) is 5.47. The first-order chi connectivity index (χ1) is 14.0. The molecule has 0 unspecified atom stereocenters. The van der Waals surface area contributed by atoms with Gasteiger partial charge >= 0.3 is 0 Å². The van der Waals surface area contributed by atoms with Gasteiger partial charge in [0.15, 0.2) is 0 Å². The third-order valence-corrected chi connectivity index (χ3v) is 4.70. The van der Waals surface area contributed by atoms with Gasteiger partial charge in [0.25, 0.3) is 5.69 Å². The Bertz CT molecular complexity index is 1300. The van der Waals surface area contributed by atoms with E-state index in [9.17, 15) is 15.4 Å². The van der Waals surface area contributed by atoms with Crippen molar-refractivity contribution in [2.75, 3.05) is 0 Å². The highest BCUT2D eigenvalue weighted by atomic mass is 35.5. The van der Waals surface area contributed by atoms with Gasteiger partial charge in [0, 0.05) is 11.6 Å². The van der Waals surface area contributed by atoms with Gasteiger partial charge in [-0.2, -0.15) is 5.26 Å². The monoisotopic (exact) mass is 404 g/mol. The zero-order valence-corrected chi connectivity index (χ0v) is 15.7. The van der Waals surface area contributed by atoms with E-state index in [0.717, 1.165) is 11.0 Å². The number of hydrogen-bond acceptors (Lipinski definition) is 5. The summed E-state index contributed by atoms with van der Waals surface area (Å²) in [5.41, 5.74) is 2.61. The molecule has 0 saturated carbocycles. The number of furan rings is 1. The van der Waals surface area contributed by atoms with Crippen LogP contribution < -0.4 is 0 Å². The lowest BCUT2D eigenvalue weighted by Crippen LogP contribution is -1.98. The average molecular weight is 405 g/mol. The first kappa shape index (κ1) is 18.5. The fraction of sp³-hybridized carbons (Fsp3) is 0.0476. The molecule has 0 aliphatic heterocycles. The minimum absolute atomic E-state index is 0.0600. The highest BCUT2D eigenvalue weighted by Crippen LogP contribution is 2.31. The van der Waals surface area contributed by atoms with Crippen LogP contribution in [0.1, 0.15) is 5.76 Å². The summed E-state index contributed by atoms with van der Waals surface area (Å²) in [6, 6.07) is 17.7. The second-order valence-corrected chi connectivity index (χ2v) is 6.68. The smallest absolute Gasteiger partial charge is 0.288 e. The molecule has 29 heavy (non-hydrogen) atoms. The molecule has 7 nitrogen and oxygen atoms in total. The number of hydrogen-bond donors (Lipinski definition) is 0. The van der Waals surface area contributed by atoms with Crippen molar-refractivity contribution in [3.63, 3.8) is 0 Å². The lowest BCUT2D eigenvalue weighted by atomic mass is 10.1. The maximum atomic E-state index is 11.1. The van der Waals surface area contributed by atoms with Crippen molar-refractivity contribution in [3.8, 4) is 17.4 Å². The predicted molar refractivity (Wildman–Crippen MR) is 109 cm³/mol. The Balaban J connectivity index is 1.62. The van der Waals surface area contributed by atoms with E-state index in [2.05, 4.69) is 11.1 Å². The number of benzene rings is 2. The van der Waals surface area contributed by atoms with Gasteiger partial charge in [-0.3, -0.25) is 10.1 Å². The van der Waals surface area contributed by atoms with E-state index in [4.69, 9.17) is 16.0 Å². The van der Waals surface area contributed by atoms with Gasteiger partial charge in [-0.15, -0.1) is 0 Å². The second kappa shape index (κ2) is 7.62. The quantitative estimate of drug-likeness (QED) is 0.249. The number of para-hydroxylation sites is 2. The number of aromatic nitrogens is 2. The van der Waals surface area contributed by atoms with Crippen LogP contribution in [0.5, 0.6) is 0 Å². The van der Waals surface area contributed by atoms with Crippen LogP contribution in [-0.4, -0.2) is 14.5 Å². The van der Waals surface area contributed by atoms with Crippen molar-refractivity contribution in [2.45, 2.75) is 6.54 Å². The third-order valence-electron chi connectivity index (χ3n) is 4.38. The number of rotatable bonds is 5. The molecule has 2 aromatic carbocycles. The van der Waals surface area contributed by atoms with E-state index in [1.54, 1.807) is 30.6 Å². The van der Waals surface area contributed by atoms with Crippen LogP contribution in [0, 0.1) is 21.4 Å². The molecule has 0 radical (unpaired) electrons. The zero-order chi connectivity index (χ0) is 20.4. The highest BCUT2D eigenvalue weighted by molar-refractivity contribution is 6.32. The molecule has 0 N–H and O–H groups in total. The number of halogens is 1. The number of nitrogens with zero attached hydrogens (tertiary/aromatic N) is 4. The largest absolute Gasteiger partial charge is 0.457 e. The molecular weight excluding hydrogens is 392 g/mol. The Morgan fingerprint density at radius 1 is 1.28 bits per heavy atom. The van der Waals surface area contributed by atoms with Crippen LogP contribution in [0.4, 0.5) is 5.69 Å². The molecule has 2 aromatic heterocycles. The van der Waals surface area contributed by atoms with E-state index in [1.807, 2.05) is 28.8 Å². The van der Waals surface area contributed by atoms with Gasteiger partial charge in [-0.1, -0.05) is 23.7 Å². The molecule has 142 valence electrons. The molecule has 8 heteroatoms. The topological polar surface area (TPSA) is 97.9 Å². The molecule has 0 spiro atoms. The minimum atomic E-state index is -0.543. The minimum Gasteiger partial charge on any atom is -0.457 e. The summed E-state index contributed by atoms with van der Waals surface area (Å²) < 4.78 is 7.65. The summed E-state index contributed by atoms with van der Waals surface area (Å²) in [6.45, 7) is 0.347. The maximum absolute atomic E-state index is 11.1. The Labute approximate surface area is 170 Å². The molecule has 0 saturated heterocycles. The van der Waals surface area contributed by atoms with Gasteiger partial charge in [0.05, 0.1) is 40.5 Å². The van der Waals surface area contributed by atoms with Crippen LogP contribution in [-0.2, 0) is 6.54 Å². The summed E-state index contributed by atoms with van der Waals surface area (Å²) >= 11 is 5.86. The second-order valence-electron chi connectivity index (χ2n) is 6.27. The standard InChI is InChI=1S/C21H13ClN4O3/c22-17-7-5-15(10-20(17)26(27)28)21-8-6-16(29-21)9-14(11-23)12-25-13-24-18-3-1-2-4-19(18)25/h1-10,13H,12H2/b14-9-. The lowest BCUT2D eigenvalue weighted by molar-refractivity contribution is -0.384. The molecule has 0 aliphatic carbocycles. The van der Waals surface area contributed by atoms with Crippen LogP contribution in [0.3, 0.4) is 0 Å². The van der Waals surface area contributed by atoms with Gasteiger partial charge < -0.3 is 8.98 Å². The SMILES string of the molecule is N#C/C(=C/c1ccc(-c2ccc(Cl)c([N+](=O)[O-])c2)o1)Cn1cnc2ccccc21. The van der Waals surface area contributed by atoms with Gasteiger partial charge in [0.2, 0.25) is 0 Å². The third kappa shape index (κ3) is 3.74. The molecule has 4 rings (SSSR count). The number of nitro benzene ring substituents is 1. The fourth-order valence-corrected chi connectivity index (χ4v) is 3.18. The van der Waals surface area contributed by atoms with Crippen LogP contribution in [0.15, 0.2) is 70.9 Å². The van der Waals surface area contributed by atoms with Crippen molar-refractivity contribution in [2.24, 2.45) is 0 Å². The van der Waals surface area contributed by atoms with E-state index in [-0.39, 0.29) is 10.7 Å². The van der Waals surface area contributed by atoms with E-state index in [0.29, 0.717) is 29.2 Å². The van der Waals surface area contributed by atoms with E-state index >= 15 is 0 Å². The van der Waals surface area contributed by atoms with Crippen molar-refractivity contribution in [1.82, 2.24) is 9.55 Å². The van der Waals surface area contributed by atoms with Crippen molar-refractivity contribution in [1.29, 1.82) is 5.26 Å². The number of imidazole rings is 1. The number of nitro groups is 1. The number of fused-ring (bicyclic) bond motifs is 1. The van der Waals surface area contributed by atoms with Crippen molar-refractivity contribution >= 4 is 34.4 Å². The Morgan fingerprint density at radius 2 is 2.10 bits per heavy atom. The molecular formula is C21H13ClN4O3. The Morgan fingerprint density at radius 3 is 2.90 bits per heavy atom. The first-order valence-corrected chi connectivity index (χ1v) is 8.97. The van der Waals surface area contributed by atoms with Gasteiger partial charge in [0.1, 0.15) is 16.5 Å². The Kier molecular flexibility index (Phi) is 4.85. The molecule has 0 fully saturated rings. The maximum Gasteiger partial charge on any atom is 0.288 e. The average Bonchev–Trinajstić information content (AvgIpc) is 3.35. The number of nitriles is 1. The van der Waals surface area contributed by atoms with Crippen LogP contribution in [0.25, 0.3) is 28.4 Å². The van der Waals surface area contributed by atoms with Crippen LogP contribution in [0.2, 0.25) is 5.02 Å². The fourth-order valence-electron chi connectivity index (χ4n) is 3.00. The zero-order valence-electron chi connectivity index (χ0n) is 14.9. The summed E-state index contributed by atoms with van der Waals surface area (Å²) in [7, 11) is 0. The normalized spacial score (nSPS) is 11.5. The molecule has 0 aliphatic rings. The molecule has 0 bridgehead atoms. The molecule has 2 heterocycles. The summed E-state index contributed by atoms with van der Waals surface area (Å²) in [5.74, 6) is 0.917. The van der Waals surface area contributed by atoms with Crippen molar-refractivity contribution < 1.29 is 9.34 Å². The van der Waals surface area contributed by atoms with Gasteiger partial charge in [-0.05, 0) is 42.5 Å². The highest BCUT2D eigenvalue weighted by Gasteiger charge is 2.15. The first-order valence-electron chi connectivity index (χ1n) is 8.60. The molecule has 4 aromatic rings. The molecule has 0 atom stereocenters. The summed E-state index contributed by atoms with van der Waals surface area (Å²) in [6.07, 6.45) is 3.33. The Hall–Kier alpha value is -3.89. The molecule has 0 amide bonds. The lowest BCUT2D eigenvalue weighted by Gasteiger charge is -2.02. The number of allylic oxidation sites excluding steroid dienone is 1. The van der Waals surface area contributed by atoms with Gasteiger partial charge in [-0.25, -0.2) is 4.98 Å². The summed E-state index contributed by atoms with van der Waals surface area (Å²) in [4.78, 5) is 14.9. The van der Waals surface area contributed by atoms with E-state index < -0.39 is 4.92 Å². The van der Waals surface area contributed by atoms with Crippen LogP contribution >= 0.6 is 11.6 Å². The van der Waals surface area contributed by atoms with E-state index in [1.165, 1.54) is 12.1 Å². The summed E-state index contributed by atoms with van der Waals surface area (Å²) in [5, 5.41) is 20.7. The van der Waals surface area contributed by atoms with Crippen molar-refractivity contribution in [3.05, 3.63) is 87.4 Å².